The van der Waals surface area contributed by atoms with E-state index in [4.69, 9.17) is 4.42 Å². The van der Waals surface area contributed by atoms with Gasteiger partial charge < -0.3 is 4.42 Å². The second-order valence-corrected chi connectivity index (χ2v) is 7.10. The van der Waals surface area contributed by atoms with Crippen molar-refractivity contribution >= 4 is 17.5 Å². The zero-order chi connectivity index (χ0) is 17.1. The van der Waals surface area contributed by atoms with E-state index in [1.807, 2.05) is 42.5 Å². The summed E-state index contributed by atoms with van der Waals surface area (Å²) in [5.41, 5.74) is 4.60. The van der Waals surface area contributed by atoms with Gasteiger partial charge in [0.25, 0.3) is 5.22 Å². The van der Waals surface area contributed by atoms with Crippen molar-refractivity contribution in [1.82, 2.24) is 10.2 Å². The van der Waals surface area contributed by atoms with Crippen LogP contribution in [0, 0.1) is 0 Å². The Balaban J connectivity index is 1.36. The lowest BCUT2D eigenvalue weighted by Crippen LogP contribution is -2.03. The minimum atomic E-state index is 0.0995. The highest BCUT2D eigenvalue weighted by atomic mass is 32.2. The van der Waals surface area contributed by atoms with Crippen molar-refractivity contribution in [1.29, 1.82) is 0 Å². The topological polar surface area (TPSA) is 56.0 Å². The summed E-state index contributed by atoms with van der Waals surface area (Å²) < 4.78 is 5.64. The molecule has 0 spiro atoms. The average molecular weight is 350 g/mol. The number of hydrogen-bond donors (Lipinski definition) is 0. The molecule has 0 N–H and O–H groups in total. The average Bonchev–Trinajstić information content (AvgIpc) is 3.29. The molecule has 2 aromatic carbocycles. The minimum Gasteiger partial charge on any atom is -0.416 e. The maximum absolute atomic E-state index is 12.4. The molecule has 1 aliphatic carbocycles. The first kappa shape index (κ1) is 16.1. The summed E-state index contributed by atoms with van der Waals surface area (Å²) in [5, 5.41) is 8.54. The highest BCUT2D eigenvalue weighted by Gasteiger charge is 2.15. The van der Waals surface area contributed by atoms with E-state index < -0.39 is 0 Å². The zero-order valence-corrected chi connectivity index (χ0v) is 14.6. The largest absolute Gasteiger partial charge is 0.416 e. The van der Waals surface area contributed by atoms with Crippen molar-refractivity contribution in [2.24, 2.45) is 0 Å². The van der Waals surface area contributed by atoms with Gasteiger partial charge in [0.05, 0.1) is 12.2 Å². The Labute approximate surface area is 150 Å². The quantitative estimate of drug-likeness (QED) is 0.494. The van der Waals surface area contributed by atoms with Crippen molar-refractivity contribution in [3.05, 3.63) is 76.7 Å². The zero-order valence-electron chi connectivity index (χ0n) is 13.8. The first-order valence-electron chi connectivity index (χ1n) is 8.42. The summed E-state index contributed by atoms with van der Waals surface area (Å²) in [7, 11) is 0. The van der Waals surface area contributed by atoms with Crippen LogP contribution in [0.3, 0.4) is 0 Å². The molecule has 0 fully saturated rings. The number of rotatable bonds is 6. The minimum absolute atomic E-state index is 0.0995. The molecule has 0 amide bonds. The summed E-state index contributed by atoms with van der Waals surface area (Å²) in [6, 6.07) is 16.0. The molecule has 1 aliphatic rings. The van der Waals surface area contributed by atoms with E-state index >= 15 is 0 Å². The number of Topliss-reactive ketones (excluding diaryl/α,β-unsaturated/α-hetero) is 1. The predicted octanol–water partition coefficient (Wildman–Crippen LogP) is 4.12. The summed E-state index contributed by atoms with van der Waals surface area (Å²) in [6.45, 7) is 0. The standard InChI is InChI=1S/C20H18N2O2S/c23-18(17-10-9-15-7-4-8-16(15)12-17)13-25-20-22-21-19(24-20)11-14-5-2-1-3-6-14/h1-3,5-6,9-10,12H,4,7-8,11,13H2. The first-order chi connectivity index (χ1) is 12.3. The number of aryl methyl sites for hydroxylation is 2. The first-order valence-corrected chi connectivity index (χ1v) is 9.40. The molecule has 4 rings (SSSR count). The van der Waals surface area contributed by atoms with E-state index in [1.54, 1.807) is 0 Å². The molecule has 4 nitrogen and oxygen atoms in total. The Bertz CT molecular complexity index is 890. The number of thioether (sulfide) groups is 1. The molecular formula is C20H18N2O2S. The van der Waals surface area contributed by atoms with Crippen LogP contribution < -0.4 is 0 Å². The van der Waals surface area contributed by atoms with Crippen LogP contribution in [0.2, 0.25) is 0 Å². The number of benzene rings is 2. The lowest BCUT2D eigenvalue weighted by molar-refractivity contribution is 0.102. The highest BCUT2D eigenvalue weighted by Crippen LogP contribution is 2.24. The van der Waals surface area contributed by atoms with Crippen LogP contribution in [-0.4, -0.2) is 21.7 Å². The molecule has 5 heteroatoms. The maximum atomic E-state index is 12.4. The summed E-state index contributed by atoms with van der Waals surface area (Å²) in [6.07, 6.45) is 4.00. The van der Waals surface area contributed by atoms with Gasteiger partial charge in [-0.1, -0.05) is 54.2 Å². The van der Waals surface area contributed by atoms with E-state index in [2.05, 4.69) is 16.3 Å². The Morgan fingerprint density at radius 3 is 2.76 bits per heavy atom. The van der Waals surface area contributed by atoms with Crippen LogP contribution in [0.25, 0.3) is 0 Å². The number of carbonyl (C=O) groups excluding carboxylic acids is 1. The maximum Gasteiger partial charge on any atom is 0.277 e. The molecule has 0 atom stereocenters. The molecular weight excluding hydrogens is 332 g/mol. The SMILES string of the molecule is O=C(CSc1nnc(Cc2ccccc2)o1)c1ccc2c(c1)CCC2. The molecule has 0 radical (unpaired) electrons. The van der Waals surface area contributed by atoms with Gasteiger partial charge in [0.1, 0.15) is 0 Å². The molecule has 1 aromatic heterocycles. The van der Waals surface area contributed by atoms with E-state index in [-0.39, 0.29) is 5.78 Å². The van der Waals surface area contributed by atoms with Crippen molar-refractivity contribution < 1.29 is 9.21 Å². The van der Waals surface area contributed by atoms with Gasteiger partial charge in [-0.05, 0) is 42.0 Å². The summed E-state index contributed by atoms with van der Waals surface area (Å²) in [5.74, 6) is 0.979. The van der Waals surface area contributed by atoms with E-state index in [0.717, 1.165) is 24.0 Å². The number of carbonyl (C=O) groups is 1. The molecule has 25 heavy (non-hydrogen) atoms. The van der Waals surface area contributed by atoms with Crippen molar-refractivity contribution in [2.45, 2.75) is 30.9 Å². The Morgan fingerprint density at radius 2 is 1.88 bits per heavy atom. The van der Waals surface area contributed by atoms with Crippen molar-refractivity contribution in [2.75, 3.05) is 5.75 Å². The molecule has 0 unspecified atom stereocenters. The molecule has 126 valence electrons. The van der Waals surface area contributed by atoms with E-state index in [1.165, 1.54) is 29.3 Å². The molecule has 0 saturated carbocycles. The third kappa shape index (κ3) is 3.82. The van der Waals surface area contributed by atoms with E-state index in [0.29, 0.717) is 23.3 Å². The normalized spacial score (nSPS) is 13.0. The van der Waals surface area contributed by atoms with Gasteiger partial charge in [-0.25, -0.2) is 0 Å². The van der Waals surface area contributed by atoms with Crippen molar-refractivity contribution in [3.63, 3.8) is 0 Å². The third-order valence-corrected chi connectivity index (χ3v) is 5.21. The van der Waals surface area contributed by atoms with Gasteiger partial charge in [0.15, 0.2) is 5.78 Å². The number of aromatic nitrogens is 2. The van der Waals surface area contributed by atoms with Crippen LogP contribution in [0.5, 0.6) is 0 Å². The van der Waals surface area contributed by atoms with Crippen LogP contribution in [0.4, 0.5) is 0 Å². The number of hydrogen-bond acceptors (Lipinski definition) is 5. The van der Waals surface area contributed by atoms with Crippen LogP contribution in [0.1, 0.15) is 39.4 Å². The third-order valence-electron chi connectivity index (χ3n) is 4.39. The fourth-order valence-electron chi connectivity index (χ4n) is 3.09. The number of fused-ring (bicyclic) bond motifs is 1. The molecule has 0 aliphatic heterocycles. The highest BCUT2D eigenvalue weighted by molar-refractivity contribution is 7.99. The van der Waals surface area contributed by atoms with Gasteiger partial charge in [0.2, 0.25) is 5.89 Å². The van der Waals surface area contributed by atoms with Gasteiger partial charge in [-0.15, -0.1) is 10.2 Å². The fraction of sp³-hybridized carbons (Fsp3) is 0.250. The molecule has 1 heterocycles. The van der Waals surface area contributed by atoms with E-state index in [9.17, 15) is 4.79 Å². The molecule has 0 bridgehead atoms. The van der Waals surface area contributed by atoms with Gasteiger partial charge in [-0.3, -0.25) is 4.79 Å². The summed E-state index contributed by atoms with van der Waals surface area (Å²) in [4.78, 5) is 12.4. The molecule has 3 aromatic rings. The molecule has 0 saturated heterocycles. The second-order valence-electron chi connectivity index (χ2n) is 6.17. The van der Waals surface area contributed by atoms with Crippen molar-refractivity contribution in [3.8, 4) is 0 Å². The Kier molecular flexibility index (Phi) is 4.65. The Morgan fingerprint density at radius 1 is 1.04 bits per heavy atom. The summed E-state index contributed by atoms with van der Waals surface area (Å²) >= 11 is 1.30. The van der Waals surface area contributed by atoms with Crippen LogP contribution in [0.15, 0.2) is 58.2 Å². The van der Waals surface area contributed by atoms with Gasteiger partial charge >= 0.3 is 0 Å². The van der Waals surface area contributed by atoms with Crippen LogP contribution in [-0.2, 0) is 19.3 Å². The fourth-order valence-corrected chi connectivity index (χ4v) is 3.77. The predicted molar refractivity (Wildman–Crippen MR) is 97.1 cm³/mol. The van der Waals surface area contributed by atoms with Crippen LogP contribution >= 0.6 is 11.8 Å². The second kappa shape index (κ2) is 7.23. The number of ketones is 1. The Hall–Kier alpha value is -2.40. The lowest BCUT2D eigenvalue weighted by atomic mass is 10.0. The van der Waals surface area contributed by atoms with Gasteiger partial charge in [-0.2, -0.15) is 0 Å². The smallest absolute Gasteiger partial charge is 0.277 e. The monoisotopic (exact) mass is 350 g/mol. The lowest BCUT2D eigenvalue weighted by Gasteiger charge is -2.03. The number of nitrogens with zero attached hydrogens (tertiary/aromatic N) is 2. The van der Waals surface area contributed by atoms with Gasteiger partial charge in [0, 0.05) is 5.56 Å².